The number of fused-ring (bicyclic) bond motifs is 3. The Morgan fingerprint density at radius 1 is 1.09 bits per heavy atom. The first-order chi connectivity index (χ1) is 16.4. The smallest absolute Gasteiger partial charge is 0.407 e. The lowest BCUT2D eigenvalue weighted by Gasteiger charge is -2.18. The first kappa shape index (κ1) is 23.4. The molecule has 0 saturated heterocycles. The fourth-order valence-electron chi connectivity index (χ4n) is 4.15. The van der Waals surface area contributed by atoms with Crippen molar-refractivity contribution in [2.24, 2.45) is 0 Å². The molecule has 0 fully saturated rings. The number of rotatable bonds is 8. The number of carbonyl (C=O) groups excluding carboxylic acids is 2. The number of thiazole rings is 1. The van der Waals surface area contributed by atoms with Crippen molar-refractivity contribution < 1.29 is 24.2 Å². The van der Waals surface area contributed by atoms with E-state index in [4.69, 9.17) is 9.84 Å². The first-order valence-corrected chi connectivity index (χ1v) is 11.8. The zero-order valence-electron chi connectivity index (χ0n) is 18.8. The third kappa shape index (κ3) is 4.79. The Morgan fingerprint density at radius 2 is 1.71 bits per heavy atom. The molecule has 1 heterocycles. The summed E-state index contributed by atoms with van der Waals surface area (Å²) in [5.41, 5.74) is 4.49. The van der Waals surface area contributed by atoms with Gasteiger partial charge in [-0.15, -0.1) is 11.3 Å². The van der Waals surface area contributed by atoms with Gasteiger partial charge >= 0.3 is 12.1 Å². The molecule has 34 heavy (non-hydrogen) atoms. The number of nitrogens with one attached hydrogen (secondary N) is 2. The second kappa shape index (κ2) is 10.0. The molecule has 0 saturated carbocycles. The van der Waals surface area contributed by atoms with Crippen molar-refractivity contribution in [3.8, 4) is 11.1 Å². The van der Waals surface area contributed by atoms with Crippen LogP contribution in [0.1, 0.15) is 50.8 Å². The lowest BCUT2D eigenvalue weighted by molar-refractivity contribution is -0.123. The molecule has 2 amide bonds. The highest BCUT2D eigenvalue weighted by molar-refractivity contribution is 7.11. The monoisotopic (exact) mass is 479 g/mol. The van der Waals surface area contributed by atoms with Crippen molar-refractivity contribution in [1.29, 1.82) is 0 Å². The molecular weight excluding hydrogens is 454 g/mol. The molecule has 2 aromatic carbocycles. The number of hydrogen-bond acceptors (Lipinski definition) is 6. The molecule has 0 unspecified atom stereocenters. The van der Waals surface area contributed by atoms with Gasteiger partial charge in [0.05, 0.1) is 6.54 Å². The van der Waals surface area contributed by atoms with Gasteiger partial charge in [-0.3, -0.25) is 4.79 Å². The Bertz CT molecular complexity index is 1190. The molecule has 1 aliphatic rings. The molecule has 9 heteroatoms. The van der Waals surface area contributed by atoms with Gasteiger partial charge in [0.25, 0.3) is 0 Å². The maximum Gasteiger partial charge on any atom is 0.407 e. The third-order valence-electron chi connectivity index (χ3n) is 5.82. The van der Waals surface area contributed by atoms with E-state index in [-0.39, 0.29) is 30.7 Å². The molecule has 0 aliphatic heterocycles. The number of carboxylic acid groups (broad SMARTS) is 1. The molecule has 3 aromatic rings. The number of aromatic nitrogens is 1. The Balaban J connectivity index is 1.33. The Labute approximate surface area is 201 Å². The van der Waals surface area contributed by atoms with Crippen LogP contribution in [0, 0.1) is 6.92 Å². The number of alkyl carbamates (subject to hydrolysis) is 1. The zero-order chi connectivity index (χ0) is 24.2. The molecule has 0 radical (unpaired) electrons. The topological polar surface area (TPSA) is 118 Å². The lowest BCUT2D eigenvalue weighted by atomic mass is 9.98. The highest BCUT2D eigenvalue weighted by atomic mass is 32.1. The summed E-state index contributed by atoms with van der Waals surface area (Å²) in [6.07, 6.45) is -0.296. The maximum atomic E-state index is 12.6. The van der Waals surface area contributed by atoms with Gasteiger partial charge < -0.3 is 20.5 Å². The van der Waals surface area contributed by atoms with Gasteiger partial charge in [-0.05, 0) is 35.6 Å². The average molecular weight is 480 g/mol. The summed E-state index contributed by atoms with van der Waals surface area (Å²) >= 11 is 1.21. The molecule has 176 valence electrons. The van der Waals surface area contributed by atoms with E-state index in [0.29, 0.717) is 16.3 Å². The second-order valence-electron chi connectivity index (χ2n) is 7.97. The van der Waals surface area contributed by atoms with Crippen LogP contribution in [0.5, 0.6) is 0 Å². The van der Waals surface area contributed by atoms with E-state index in [1.807, 2.05) is 36.4 Å². The highest BCUT2D eigenvalue weighted by Gasteiger charge is 2.29. The van der Waals surface area contributed by atoms with Crippen molar-refractivity contribution >= 4 is 29.3 Å². The van der Waals surface area contributed by atoms with E-state index in [2.05, 4.69) is 27.8 Å². The fourth-order valence-corrected chi connectivity index (χ4v) is 5.01. The molecule has 1 aliphatic carbocycles. The normalized spacial score (nSPS) is 13.0. The number of aryl methyl sites for hydroxylation is 1. The van der Waals surface area contributed by atoms with Crippen LogP contribution in [0.15, 0.2) is 48.5 Å². The van der Waals surface area contributed by atoms with Crippen LogP contribution in [0.2, 0.25) is 0 Å². The van der Waals surface area contributed by atoms with Crippen LogP contribution in [0.4, 0.5) is 4.79 Å². The van der Waals surface area contributed by atoms with E-state index in [1.54, 1.807) is 13.8 Å². The number of benzene rings is 2. The van der Waals surface area contributed by atoms with Gasteiger partial charge in [-0.1, -0.05) is 55.5 Å². The van der Waals surface area contributed by atoms with E-state index >= 15 is 0 Å². The third-order valence-corrected chi connectivity index (χ3v) is 6.79. The Morgan fingerprint density at radius 3 is 2.26 bits per heavy atom. The van der Waals surface area contributed by atoms with Crippen LogP contribution < -0.4 is 10.6 Å². The predicted molar refractivity (Wildman–Crippen MR) is 128 cm³/mol. The van der Waals surface area contributed by atoms with Crippen molar-refractivity contribution in [3.63, 3.8) is 0 Å². The number of nitrogens with zero attached hydrogens (tertiary/aromatic N) is 1. The largest absolute Gasteiger partial charge is 0.476 e. The average Bonchev–Trinajstić information content (AvgIpc) is 3.37. The van der Waals surface area contributed by atoms with E-state index in [0.717, 1.165) is 22.3 Å². The summed E-state index contributed by atoms with van der Waals surface area (Å²) < 4.78 is 5.52. The molecule has 3 N–H and O–H groups in total. The Kier molecular flexibility index (Phi) is 6.93. The maximum absolute atomic E-state index is 12.6. The molecule has 4 rings (SSSR count). The quantitative estimate of drug-likeness (QED) is 0.448. The van der Waals surface area contributed by atoms with Gasteiger partial charge in [0, 0.05) is 10.8 Å². The van der Waals surface area contributed by atoms with Gasteiger partial charge in [-0.2, -0.15) is 0 Å². The molecule has 0 bridgehead atoms. The highest BCUT2D eigenvalue weighted by Crippen LogP contribution is 2.44. The second-order valence-corrected chi connectivity index (χ2v) is 9.25. The predicted octanol–water partition coefficient (Wildman–Crippen LogP) is 4.08. The molecular formula is C25H25N3O5S. The lowest BCUT2D eigenvalue weighted by Crippen LogP contribution is -2.46. The number of hydrogen-bond donors (Lipinski definition) is 3. The van der Waals surface area contributed by atoms with E-state index in [9.17, 15) is 14.4 Å². The fraction of sp³-hybridized carbons (Fsp3) is 0.280. The van der Waals surface area contributed by atoms with Crippen LogP contribution in [-0.4, -0.2) is 40.7 Å². The zero-order valence-corrected chi connectivity index (χ0v) is 19.6. The minimum atomic E-state index is -1.10. The summed E-state index contributed by atoms with van der Waals surface area (Å²) in [6, 6.07) is 15.4. The number of carboxylic acids is 1. The van der Waals surface area contributed by atoms with Crippen molar-refractivity contribution in [3.05, 3.63) is 75.2 Å². The van der Waals surface area contributed by atoms with Gasteiger partial charge in [0.2, 0.25) is 5.91 Å². The van der Waals surface area contributed by atoms with Gasteiger partial charge in [0.15, 0.2) is 5.69 Å². The van der Waals surface area contributed by atoms with Crippen LogP contribution in [-0.2, 0) is 16.1 Å². The van der Waals surface area contributed by atoms with Crippen molar-refractivity contribution in [1.82, 2.24) is 15.6 Å². The van der Waals surface area contributed by atoms with Gasteiger partial charge in [-0.25, -0.2) is 14.6 Å². The summed E-state index contributed by atoms with van der Waals surface area (Å²) in [5.74, 6) is -1.56. The number of aromatic carboxylic acids is 1. The number of ether oxygens (including phenoxy) is 1. The SMILES string of the molecule is CC[C@H](NC(=O)OCC1c2ccccc2-c2ccccc21)C(=O)NCc1nc(C(=O)O)c(C)s1. The first-order valence-electron chi connectivity index (χ1n) is 11.0. The summed E-state index contributed by atoms with van der Waals surface area (Å²) in [5, 5.41) is 14.9. The molecule has 1 aromatic heterocycles. The molecule has 0 spiro atoms. The summed E-state index contributed by atoms with van der Waals surface area (Å²) in [7, 11) is 0. The minimum Gasteiger partial charge on any atom is -0.476 e. The molecule has 8 nitrogen and oxygen atoms in total. The standard InChI is InChI=1S/C25H25N3O5S/c1-3-20(23(29)26-12-21-28-22(24(30)31)14(2)34-21)27-25(32)33-13-19-17-10-6-4-8-15(17)16-9-5-7-11-18(16)19/h4-11,19-20H,3,12-13H2,1-2H3,(H,26,29)(H,27,32)(H,30,31)/t20-/m0/s1. The van der Waals surface area contributed by atoms with Gasteiger partial charge in [0.1, 0.15) is 17.7 Å². The minimum absolute atomic E-state index is 0.0157. The Hall–Kier alpha value is -3.72. The molecule has 1 atom stereocenters. The number of amides is 2. The summed E-state index contributed by atoms with van der Waals surface area (Å²) in [4.78, 5) is 40.8. The van der Waals surface area contributed by atoms with Crippen LogP contribution in [0.3, 0.4) is 0 Å². The van der Waals surface area contributed by atoms with Crippen LogP contribution >= 0.6 is 11.3 Å². The number of carbonyl (C=O) groups is 3. The summed E-state index contributed by atoms with van der Waals surface area (Å²) in [6.45, 7) is 3.69. The van der Waals surface area contributed by atoms with Crippen LogP contribution in [0.25, 0.3) is 11.1 Å². The van der Waals surface area contributed by atoms with E-state index < -0.39 is 18.1 Å². The van der Waals surface area contributed by atoms with Crippen molar-refractivity contribution in [2.45, 2.75) is 38.8 Å². The van der Waals surface area contributed by atoms with E-state index in [1.165, 1.54) is 11.3 Å². The van der Waals surface area contributed by atoms with Crippen molar-refractivity contribution in [2.75, 3.05) is 6.61 Å².